The van der Waals surface area contributed by atoms with Crippen molar-refractivity contribution < 1.29 is 9.53 Å². The molecule has 0 radical (unpaired) electrons. The van der Waals surface area contributed by atoms with Gasteiger partial charge in [0.2, 0.25) is 5.91 Å². The van der Waals surface area contributed by atoms with Crippen LogP contribution >= 0.6 is 15.9 Å². The number of nitrogens with zero attached hydrogens (tertiary/aromatic N) is 2. The maximum absolute atomic E-state index is 12.4. The summed E-state index contributed by atoms with van der Waals surface area (Å²) in [5, 5.41) is 2.98. The molecule has 1 fully saturated rings. The summed E-state index contributed by atoms with van der Waals surface area (Å²) in [6, 6.07) is 14.0. The van der Waals surface area contributed by atoms with E-state index in [1.165, 1.54) is 18.5 Å². The Labute approximate surface area is 169 Å². The molecule has 1 heterocycles. The molecule has 1 N–H and O–H groups in total. The van der Waals surface area contributed by atoms with Crippen LogP contribution in [0.3, 0.4) is 0 Å². The predicted octanol–water partition coefficient (Wildman–Crippen LogP) is 4.13. The summed E-state index contributed by atoms with van der Waals surface area (Å²) in [4.78, 5) is 16.7. The fourth-order valence-electron chi connectivity index (χ4n) is 3.39. The molecule has 3 rings (SSSR count). The van der Waals surface area contributed by atoms with Crippen molar-refractivity contribution in [2.75, 3.05) is 44.0 Å². The van der Waals surface area contributed by atoms with E-state index in [1.54, 1.807) is 7.11 Å². The normalized spacial score (nSPS) is 13.9. The lowest BCUT2D eigenvalue weighted by atomic mass is 10.2. The van der Waals surface area contributed by atoms with Crippen LogP contribution in [0.1, 0.15) is 18.4 Å². The lowest BCUT2D eigenvalue weighted by molar-refractivity contribution is -0.117. The zero-order valence-corrected chi connectivity index (χ0v) is 17.5. The SMILES string of the molecule is COc1ccc(Br)cc1CN(C)CC(=O)Nc1ccc(N2CCCC2)cc1. The van der Waals surface area contributed by atoms with Crippen LogP contribution in [0, 0.1) is 0 Å². The number of hydrogen-bond donors (Lipinski definition) is 1. The van der Waals surface area contributed by atoms with E-state index in [-0.39, 0.29) is 5.91 Å². The Morgan fingerprint density at radius 2 is 1.89 bits per heavy atom. The summed E-state index contributed by atoms with van der Waals surface area (Å²) in [6.07, 6.45) is 2.52. The highest BCUT2D eigenvalue weighted by Gasteiger charge is 2.13. The molecule has 6 heteroatoms. The molecule has 0 aromatic heterocycles. The van der Waals surface area contributed by atoms with Crippen molar-refractivity contribution in [3.8, 4) is 5.75 Å². The van der Waals surface area contributed by atoms with E-state index in [4.69, 9.17) is 4.74 Å². The average Bonchev–Trinajstić information content (AvgIpc) is 3.17. The number of likely N-dealkylation sites (N-methyl/N-ethyl adjacent to an activating group) is 1. The largest absolute Gasteiger partial charge is 0.496 e. The molecule has 0 unspecified atom stereocenters. The zero-order valence-electron chi connectivity index (χ0n) is 15.9. The molecule has 5 nitrogen and oxygen atoms in total. The minimum absolute atomic E-state index is 0.0274. The zero-order chi connectivity index (χ0) is 19.2. The molecule has 2 aromatic rings. The number of nitrogens with one attached hydrogen (secondary N) is 1. The Morgan fingerprint density at radius 3 is 2.56 bits per heavy atom. The van der Waals surface area contributed by atoms with Crippen molar-refractivity contribution in [2.24, 2.45) is 0 Å². The molecule has 0 aliphatic carbocycles. The van der Waals surface area contributed by atoms with Crippen LogP contribution in [0.5, 0.6) is 5.75 Å². The van der Waals surface area contributed by atoms with Crippen LogP contribution in [0.2, 0.25) is 0 Å². The standard InChI is InChI=1S/C21H26BrN3O2/c1-24(14-16-13-17(22)5-10-20(16)27-2)15-21(26)23-18-6-8-19(9-7-18)25-11-3-4-12-25/h5-10,13H,3-4,11-12,14-15H2,1-2H3,(H,23,26). The van der Waals surface area contributed by atoms with Crippen LogP contribution in [-0.4, -0.2) is 44.6 Å². The molecule has 1 amide bonds. The number of halogens is 1. The Balaban J connectivity index is 1.53. The van der Waals surface area contributed by atoms with Crippen molar-refractivity contribution >= 4 is 33.2 Å². The molecular formula is C21H26BrN3O2. The molecule has 2 aromatic carbocycles. The van der Waals surface area contributed by atoms with Crippen LogP contribution < -0.4 is 15.0 Å². The monoisotopic (exact) mass is 431 g/mol. The van der Waals surface area contributed by atoms with Gasteiger partial charge in [-0.25, -0.2) is 0 Å². The highest BCUT2D eigenvalue weighted by Crippen LogP contribution is 2.24. The van der Waals surface area contributed by atoms with Gasteiger partial charge in [0, 0.05) is 41.0 Å². The first kappa shape index (κ1) is 19.7. The first-order chi connectivity index (χ1) is 13.0. The number of amides is 1. The minimum atomic E-state index is -0.0274. The fourth-order valence-corrected chi connectivity index (χ4v) is 3.80. The Morgan fingerprint density at radius 1 is 1.19 bits per heavy atom. The van der Waals surface area contributed by atoms with Crippen molar-refractivity contribution in [1.29, 1.82) is 0 Å². The Bertz CT molecular complexity index is 773. The van der Waals surface area contributed by atoms with E-state index in [0.717, 1.165) is 34.6 Å². The van der Waals surface area contributed by atoms with E-state index in [1.807, 2.05) is 42.3 Å². The summed E-state index contributed by atoms with van der Waals surface area (Å²) >= 11 is 3.48. The average molecular weight is 432 g/mol. The van der Waals surface area contributed by atoms with Gasteiger partial charge in [-0.3, -0.25) is 9.69 Å². The number of carbonyl (C=O) groups excluding carboxylic acids is 1. The second-order valence-corrected chi connectivity index (χ2v) is 7.83. The van der Waals surface area contributed by atoms with Gasteiger partial charge in [-0.2, -0.15) is 0 Å². The van der Waals surface area contributed by atoms with Crippen molar-refractivity contribution in [3.05, 3.63) is 52.5 Å². The van der Waals surface area contributed by atoms with Gasteiger partial charge in [0.1, 0.15) is 5.75 Å². The van der Waals surface area contributed by atoms with E-state index in [2.05, 4.69) is 38.3 Å². The van der Waals surface area contributed by atoms with E-state index in [9.17, 15) is 4.79 Å². The van der Waals surface area contributed by atoms with E-state index < -0.39 is 0 Å². The predicted molar refractivity (Wildman–Crippen MR) is 114 cm³/mol. The summed E-state index contributed by atoms with van der Waals surface area (Å²) in [7, 11) is 3.58. The lowest BCUT2D eigenvalue weighted by Gasteiger charge is -2.19. The highest BCUT2D eigenvalue weighted by molar-refractivity contribution is 9.10. The minimum Gasteiger partial charge on any atom is -0.496 e. The summed E-state index contributed by atoms with van der Waals surface area (Å²) in [6.45, 7) is 3.18. The molecular weight excluding hydrogens is 406 g/mol. The van der Waals surface area contributed by atoms with Gasteiger partial charge in [-0.05, 0) is 62.4 Å². The second-order valence-electron chi connectivity index (χ2n) is 6.92. The number of rotatable bonds is 7. The smallest absolute Gasteiger partial charge is 0.238 e. The van der Waals surface area contributed by atoms with Crippen LogP contribution in [0.15, 0.2) is 46.9 Å². The Hall–Kier alpha value is -2.05. The molecule has 27 heavy (non-hydrogen) atoms. The first-order valence-corrected chi connectivity index (χ1v) is 10.0. The quantitative estimate of drug-likeness (QED) is 0.715. The molecule has 1 aliphatic rings. The number of anilines is 2. The van der Waals surface area contributed by atoms with Crippen LogP contribution in [-0.2, 0) is 11.3 Å². The summed E-state index contributed by atoms with van der Waals surface area (Å²) < 4.78 is 6.40. The number of benzene rings is 2. The third-order valence-corrected chi connectivity index (χ3v) is 5.21. The second kappa shape index (κ2) is 9.24. The highest BCUT2D eigenvalue weighted by atomic mass is 79.9. The molecule has 144 valence electrons. The van der Waals surface area contributed by atoms with Gasteiger partial charge in [0.05, 0.1) is 13.7 Å². The number of ether oxygens (including phenoxy) is 1. The topological polar surface area (TPSA) is 44.8 Å². The summed E-state index contributed by atoms with van der Waals surface area (Å²) in [5.41, 5.74) is 3.10. The fraction of sp³-hybridized carbons (Fsp3) is 0.381. The van der Waals surface area contributed by atoms with Crippen molar-refractivity contribution in [3.63, 3.8) is 0 Å². The van der Waals surface area contributed by atoms with Gasteiger partial charge in [-0.1, -0.05) is 15.9 Å². The summed E-state index contributed by atoms with van der Waals surface area (Å²) in [5.74, 6) is 0.795. The van der Waals surface area contributed by atoms with Gasteiger partial charge < -0.3 is 15.0 Å². The number of methoxy groups -OCH3 is 1. The van der Waals surface area contributed by atoms with Crippen molar-refractivity contribution in [1.82, 2.24) is 4.90 Å². The third-order valence-electron chi connectivity index (χ3n) is 4.72. The van der Waals surface area contributed by atoms with Gasteiger partial charge in [0.25, 0.3) is 0 Å². The maximum Gasteiger partial charge on any atom is 0.238 e. The molecule has 0 atom stereocenters. The van der Waals surface area contributed by atoms with Crippen LogP contribution in [0.25, 0.3) is 0 Å². The maximum atomic E-state index is 12.4. The van der Waals surface area contributed by atoms with Gasteiger partial charge in [-0.15, -0.1) is 0 Å². The molecule has 0 spiro atoms. The first-order valence-electron chi connectivity index (χ1n) is 9.21. The van der Waals surface area contributed by atoms with Gasteiger partial charge in [0.15, 0.2) is 0 Å². The molecule has 0 bridgehead atoms. The molecule has 1 saturated heterocycles. The number of hydrogen-bond acceptors (Lipinski definition) is 4. The van der Waals surface area contributed by atoms with Crippen molar-refractivity contribution in [2.45, 2.75) is 19.4 Å². The number of carbonyl (C=O) groups is 1. The third kappa shape index (κ3) is 5.47. The molecule has 1 aliphatic heterocycles. The molecule has 0 saturated carbocycles. The van der Waals surface area contributed by atoms with Crippen LogP contribution in [0.4, 0.5) is 11.4 Å². The van der Waals surface area contributed by atoms with Gasteiger partial charge >= 0.3 is 0 Å². The van der Waals surface area contributed by atoms with E-state index >= 15 is 0 Å². The Kier molecular flexibility index (Phi) is 6.74. The van der Waals surface area contributed by atoms with E-state index in [0.29, 0.717) is 13.1 Å². The lowest BCUT2D eigenvalue weighted by Crippen LogP contribution is -2.30.